The molecule has 0 aliphatic carbocycles. The van der Waals surface area contributed by atoms with Crippen molar-refractivity contribution in [2.75, 3.05) is 13.2 Å². The molecule has 0 saturated carbocycles. The van der Waals surface area contributed by atoms with E-state index in [0.29, 0.717) is 0 Å². The zero-order chi connectivity index (χ0) is 33.3. The smallest absolute Gasteiger partial charge is 0.342 e. The molecule has 0 unspecified atom stereocenters. The molecule has 17 nitrogen and oxygen atoms in total. The Morgan fingerprint density at radius 2 is 0.956 bits per heavy atom. The number of rotatable bonds is 8. The van der Waals surface area contributed by atoms with Crippen LogP contribution in [-0.4, -0.2) is 138 Å². The maximum atomic E-state index is 12.6. The first-order chi connectivity index (χ1) is 21.1. The topological polar surface area (TPSA) is 283 Å². The molecule has 0 radical (unpaired) electrons. The predicted octanol–water partition coefficient (Wildman–Crippen LogP) is -2.23. The van der Waals surface area contributed by atoms with Gasteiger partial charge in [0.25, 0.3) is 0 Å². The molecule has 0 spiro atoms. The summed E-state index contributed by atoms with van der Waals surface area (Å²) in [5.74, 6) is -3.92. The second-order valence-electron chi connectivity index (χ2n) is 10.7. The van der Waals surface area contributed by atoms with Crippen LogP contribution in [0.2, 0.25) is 0 Å². The monoisotopic (exact) mass is 642 g/mol. The SMILES string of the molecule is Cc1cc(O)cc(O)c1C(=O)OC[C@H]1O[C@H](O[C@H]2O[C@H](COC(=O)c3c(C)cc(O)cc3O)[C@H](O)[C@H](O)[C@H]2O)[C@H](O)[C@@H](O)[C@H]1O. The predicted molar refractivity (Wildman–Crippen MR) is 144 cm³/mol. The molecule has 17 heteroatoms. The Balaban J connectivity index is 1.42. The summed E-state index contributed by atoms with van der Waals surface area (Å²) in [4.78, 5) is 25.2. The van der Waals surface area contributed by atoms with Crippen LogP contribution in [0.4, 0.5) is 0 Å². The molecule has 0 bridgehead atoms. The Hall–Kier alpha value is -3.78. The summed E-state index contributed by atoms with van der Waals surface area (Å²) < 4.78 is 26.5. The number of carbonyl (C=O) groups excluding carboxylic acids is 2. The Morgan fingerprint density at radius 3 is 1.29 bits per heavy atom. The van der Waals surface area contributed by atoms with Crippen LogP contribution >= 0.6 is 0 Å². The first kappa shape index (κ1) is 34.1. The van der Waals surface area contributed by atoms with Gasteiger partial charge in [0.15, 0.2) is 12.6 Å². The lowest BCUT2D eigenvalue weighted by atomic mass is 9.98. The molecule has 2 aromatic carbocycles. The number of benzene rings is 2. The molecule has 10 atom stereocenters. The minimum Gasteiger partial charge on any atom is -0.508 e. The van der Waals surface area contributed by atoms with E-state index in [4.69, 9.17) is 23.7 Å². The van der Waals surface area contributed by atoms with E-state index in [1.54, 1.807) is 0 Å². The summed E-state index contributed by atoms with van der Waals surface area (Å²) in [6, 6.07) is 4.21. The molecule has 2 aliphatic heterocycles. The van der Waals surface area contributed by atoms with Crippen molar-refractivity contribution in [2.24, 2.45) is 0 Å². The van der Waals surface area contributed by atoms with E-state index in [1.807, 2.05) is 0 Å². The number of esters is 2. The van der Waals surface area contributed by atoms with E-state index < -0.39 is 98.1 Å². The van der Waals surface area contributed by atoms with Crippen LogP contribution in [0.15, 0.2) is 24.3 Å². The van der Waals surface area contributed by atoms with Crippen LogP contribution in [0, 0.1) is 13.8 Å². The van der Waals surface area contributed by atoms with Crippen molar-refractivity contribution in [3.63, 3.8) is 0 Å². The zero-order valence-corrected chi connectivity index (χ0v) is 23.8. The van der Waals surface area contributed by atoms with Gasteiger partial charge in [-0.05, 0) is 37.1 Å². The molecular weight excluding hydrogens is 608 g/mol. The highest BCUT2D eigenvalue weighted by Gasteiger charge is 2.50. The largest absolute Gasteiger partial charge is 0.508 e. The van der Waals surface area contributed by atoms with Gasteiger partial charge >= 0.3 is 11.9 Å². The van der Waals surface area contributed by atoms with E-state index in [9.17, 15) is 60.7 Å². The summed E-state index contributed by atoms with van der Waals surface area (Å²) in [7, 11) is 0. The van der Waals surface area contributed by atoms with Gasteiger partial charge in [-0.25, -0.2) is 9.59 Å². The number of aliphatic hydroxyl groups excluding tert-OH is 6. The molecule has 2 saturated heterocycles. The fourth-order valence-corrected chi connectivity index (χ4v) is 4.96. The Bertz CT molecular complexity index is 1250. The van der Waals surface area contributed by atoms with Gasteiger partial charge in [0.1, 0.15) is 96.2 Å². The van der Waals surface area contributed by atoms with Gasteiger partial charge < -0.3 is 74.7 Å². The highest BCUT2D eigenvalue weighted by atomic mass is 16.8. The lowest BCUT2D eigenvalue weighted by molar-refractivity contribution is -0.376. The average Bonchev–Trinajstić information content (AvgIpc) is 2.95. The molecule has 2 aliphatic rings. The standard InChI is InChI=1S/C28H34O17/c1-9-3-11(29)5-13(31)17(9)25(39)41-7-15-19(33)21(35)23(37)27(43-15)45-28-24(38)22(36)20(34)16(44-28)8-42-26(40)18-10(2)4-12(30)6-14(18)32/h3-6,15-16,19-24,27-38H,7-8H2,1-2H3/t15-,16-,19+,20+,21+,22+,23-,24-,27-,28-/m1/s1. The van der Waals surface area contributed by atoms with E-state index in [1.165, 1.54) is 26.0 Å². The van der Waals surface area contributed by atoms with Crippen molar-refractivity contribution in [3.05, 3.63) is 46.5 Å². The molecule has 248 valence electrons. The van der Waals surface area contributed by atoms with Crippen molar-refractivity contribution < 1.29 is 84.3 Å². The Kier molecular flexibility index (Phi) is 10.4. The molecule has 2 aromatic rings. The van der Waals surface area contributed by atoms with Gasteiger partial charge in [-0.3, -0.25) is 0 Å². The quantitative estimate of drug-likeness (QED) is 0.136. The molecule has 4 rings (SSSR count). The minimum absolute atomic E-state index is 0.165. The maximum absolute atomic E-state index is 12.6. The number of hydrogen-bond donors (Lipinski definition) is 10. The number of aliphatic hydroxyl groups is 6. The summed E-state index contributed by atoms with van der Waals surface area (Å²) in [6.07, 6.45) is -18.3. The van der Waals surface area contributed by atoms with Crippen LogP contribution in [-0.2, 0) is 23.7 Å². The molecule has 2 heterocycles. The maximum Gasteiger partial charge on any atom is 0.342 e. The van der Waals surface area contributed by atoms with Crippen molar-refractivity contribution in [2.45, 2.75) is 75.3 Å². The van der Waals surface area contributed by atoms with Gasteiger partial charge in [0, 0.05) is 12.1 Å². The molecule has 10 N–H and O–H groups in total. The summed E-state index contributed by atoms with van der Waals surface area (Å²) >= 11 is 0. The van der Waals surface area contributed by atoms with Crippen LogP contribution < -0.4 is 0 Å². The summed E-state index contributed by atoms with van der Waals surface area (Å²) in [5.41, 5.74) is -0.252. The number of aromatic hydroxyl groups is 4. The number of aryl methyl sites for hydroxylation is 2. The number of carbonyl (C=O) groups is 2. The van der Waals surface area contributed by atoms with E-state index in [0.717, 1.165) is 12.1 Å². The van der Waals surface area contributed by atoms with E-state index in [-0.39, 0.29) is 33.8 Å². The highest BCUT2D eigenvalue weighted by molar-refractivity contribution is 5.95. The van der Waals surface area contributed by atoms with Crippen LogP contribution in [0.5, 0.6) is 23.0 Å². The lowest BCUT2D eigenvalue weighted by Crippen LogP contribution is -2.64. The molecular formula is C28H34O17. The van der Waals surface area contributed by atoms with Crippen molar-refractivity contribution in [3.8, 4) is 23.0 Å². The van der Waals surface area contributed by atoms with Crippen LogP contribution in [0.25, 0.3) is 0 Å². The molecule has 0 amide bonds. The lowest BCUT2D eigenvalue weighted by Gasteiger charge is -2.44. The van der Waals surface area contributed by atoms with Gasteiger partial charge in [0.05, 0.1) is 0 Å². The molecule has 2 fully saturated rings. The van der Waals surface area contributed by atoms with Gasteiger partial charge in [0.2, 0.25) is 0 Å². The second-order valence-corrected chi connectivity index (χ2v) is 10.7. The minimum atomic E-state index is -1.97. The third-order valence-electron chi connectivity index (χ3n) is 7.37. The third kappa shape index (κ3) is 7.22. The molecule has 45 heavy (non-hydrogen) atoms. The Morgan fingerprint density at radius 1 is 0.600 bits per heavy atom. The van der Waals surface area contributed by atoms with E-state index >= 15 is 0 Å². The zero-order valence-electron chi connectivity index (χ0n) is 23.8. The Labute approximate surface area is 254 Å². The summed E-state index contributed by atoms with van der Waals surface area (Å²) in [5, 5.41) is 102. The highest BCUT2D eigenvalue weighted by Crippen LogP contribution is 2.31. The normalized spacial score (nSPS) is 31.7. The summed E-state index contributed by atoms with van der Waals surface area (Å²) in [6.45, 7) is 1.36. The first-order valence-electron chi connectivity index (χ1n) is 13.5. The number of phenols is 4. The van der Waals surface area contributed by atoms with E-state index in [2.05, 4.69) is 0 Å². The van der Waals surface area contributed by atoms with Crippen molar-refractivity contribution in [1.29, 1.82) is 0 Å². The first-order valence-corrected chi connectivity index (χ1v) is 13.5. The fraction of sp³-hybridized carbons (Fsp3) is 0.500. The van der Waals surface area contributed by atoms with Gasteiger partial charge in [-0.2, -0.15) is 0 Å². The van der Waals surface area contributed by atoms with Crippen molar-refractivity contribution in [1.82, 2.24) is 0 Å². The average molecular weight is 643 g/mol. The van der Waals surface area contributed by atoms with Crippen LogP contribution in [0.3, 0.4) is 0 Å². The van der Waals surface area contributed by atoms with Gasteiger partial charge in [-0.15, -0.1) is 0 Å². The van der Waals surface area contributed by atoms with Crippen molar-refractivity contribution >= 4 is 11.9 Å². The number of phenolic OH excluding ortho intramolecular Hbond substituents is 4. The molecule has 0 aromatic heterocycles. The number of ether oxygens (including phenoxy) is 5. The fourth-order valence-electron chi connectivity index (χ4n) is 4.96. The number of hydrogen-bond acceptors (Lipinski definition) is 17. The third-order valence-corrected chi connectivity index (χ3v) is 7.37. The second kappa shape index (κ2) is 13.7. The van der Waals surface area contributed by atoms with Crippen LogP contribution in [0.1, 0.15) is 31.8 Å². The van der Waals surface area contributed by atoms with Gasteiger partial charge in [-0.1, -0.05) is 0 Å².